The van der Waals surface area contributed by atoms with Gasteiger partial charge in [0.2, 0.25) is 5.91 Å². The number of nitrogens with one attached hydrogen (secondary N) is 1. The van der Waals surface area contributed by atoms with E-state index >= 15 is 0 Å². The van der Waals surface area contributed by atoms with E-state index in [1.807, 2.05) is 36.4 Å². The fourth-order valence-corrected chi connectivity index (χ4v) is 2.54. The second-order valence-corrected chi connectivity index (χ2v) is 5.66. The highest BCUT2D eigenvalue weighted by atomic mass is 16.1. The lowest BCUT2D eigenvalue weighted by molar-refractivity contribution is -0.117. The van der Waals surface area contributed by atoms with Crippen molar-refractivity contribution in [3.8, 4) is 6.07 Å². The molecule has 1 atom stereocenters. The SMILES string of the molecule is N#Cc1cccc(/C=C/C(=O)N[C@@H](Cn2cncn2)c2ccccc2)c1. The maximum absolute atomic E-state index is 12.4. The van der Waals surface area contributed by atoms with Crippen LogP contribution in [0.2, 0.25) is 0 Å². The monoisotopic (exact) mass is 343 g/mol. The molecule has 3 rings (SSSR count). The first-order chi connectivity index (χ1) is 12.7. The van der Waals surface area contributed by atoms with Crippen molar-refractivity contribution in [2.24, 2.45) is 0 Å². The molecule has 1 heterocycles. The van der Waals surface area contributed by atoms with Gasteiger partial charge in [0.15, 0.2) is 0 Å². The number of nitriles is 1. The predicted molar refractivity (Wildman–Crippen MR) is 97.5 cm³/mol. The number of carbonyl (C=O) groups excluding carboxylic acids is 1. The van der Waals surface area contributed by atoms with Gasteiger partial charge < -0.3 is 5.32 Å². The summed E-state index contributed by atoms with van der Waals surface area (Å²) in [6.45, 7) is 0.480. The molecule has 1 N–H and O–H groups in total. The summed E-state index contributed by atoms with van der Waals surface area (Å²) in [5.41, 5.74) is 2.34. The molecule has 0 saturated heterocycles. The molecule has 0 aliphatic heterocycles. The van der Waals surface area contributed by atoms with Gasteiger partial charge in [0, 0.05) is 6.08 Å². The molecule has 6 heteroatoms. The Morgan fingerprint density at radius 3 is 2.81 bits per heavy atom. The van der Waals surface area contributed by atoms with Crippen LogP contribution in [0.5, 0.6) is 0 Å². The van der Waals surface area contributed by atoms with Crippen molar-refractivity contribution in [2.75, 3.05) is 0 Å². The predicted octanol–water partition coefficient (Wildman–Crippen LogP) is 2.72. The van der Waals surface area contributed by atoms with Gasteiger partial charge in [-0.1, -0.05) is 42.5 Å². The Morgan fingerprint density at radius 2 is 2.08 bits per heavy atom. The Bertz CT molecular complexity index is 926. The molecule has 1 amide bonds. The summed E-state index contributed by atoms with van der Waals surface area (Å²) in [5.74, 6) is -0.221. The molecular weight excluding hydrogens is 326 g/mol. The zero-order valence-electron chi connectivity index (χ0n) is 14.0. The number of carbonyl (C=O) groups is 1. The van der Waals surface area contributed by atoms with Crippen LogP contribution in [0, 0.1) is 11.3 Å². The quantitative estimate of drug-likeness (QED) is 0.698. The van der Waals surface area contributed by atoms with Gasteiger partial charge >= 0.3 is 0 Å². The van der Waals surface area contributed by atoms with Crippen LogP contribution in [0.25, 0.3) is 6.08 Å². The number of aromatic nitrogens is 3. The van der Waals surface area contributed by atoms with Crippen LogP contribution in [0.15, 0.2) is 73.3 Å². The van der Waals surface area contributed by atoms with Gasteiger partial charge in [-0.25, -0.2) is 4.98 Å². The molecule has 1 aromatic heterocycles. The fraction of sp³-hybridized carbons (Fsp3) is 0.100. The van der Waals surface area contributed by atoms with Crippen molar-refractivity contribution in [1.29, 1.82) is 5.26 Å². The number of nitrogens with zero attached hydrogens (tertiary/aromatic N) is 4. The summed E-state index contributed by atoms with van der Waals surface area (Å²) in [4.78, 5) is 16.3. The molecule has 0 unspecified atom stereocenters. The van der Waals surface area contributed by atoms with Crippen LogP contribution in [0.4, 0.5) is 0 Å². The molecule has 2 aromatic carbocycles. The number of amides is 1. The highest BCUT2D eigenvalue weighted by Crippen LogP contribution is 2.15. The Morgan fingerprint density at radius 1 is 1.23 bits per heavy atom. The van der Waals surface area contributed by atoms with Crippen molar-refractivity contribution in [2.45, 2.75) is 12.6 Å². The van der Waals surface area contributed by atoms with E-state index in [4.69, 9.17) is 5.26 Å². The Labute approximate surface area is 151 Å². The molecule has 0 radical (unpaired) electrons. The van der Waals surface area contributed by atoms with Gasteiger partial charge in [-0.05, 0) is 29.3 Å². The zero-order chi connectivity index (χ0) is 18.2. The van der Waals surface area contributed by atoms with E-state index in [1.165, 1.54) is 12.4 Å². The summed E-state index contributed by atoms with van der Waals surface area (Å²) in [5, 5.41) is 16.0. The van der Waals surface area contributed by atoms with Gasteiger partial charge in [-0.3, -0.25) is 9.48 Å². The molecule has 128 valence electrons. The molecule has 6 nitrogen and oxygen atoms in total. The lowest BCUT2D eigenvalue weighted by atomic mass is 10.1. The number of hydrogen-bond donors (Lipinski definition) is 1. The smallest absolute Gasteiger partial charge is 0.244 e. The lowest BCUT2D eigenvalue weighted by Crippen LogP contribution is -2.30. The molecule has 3 aromatic rings. The van der Waals surface area contributed by atoms with Crippen molar-refractivity contribution in [3.63, 3.8) is 0 Å². The summed E-state index contributed by atoms with van der Waals surface area (Å²) >= 11 is 0. The second kappa shape index (κ2) is 8.40. The molecular formula is C20H17N5O. The minimum Gasteiger partial charge on any atom is -0.344 e. The average molecular weight is 343 g/mol. The van der Waals surface area contributed by atoms with Crippen LogP contribution in [0.3, 0.4) is 0 Å². The third-order valence-electron chi connectivity index (χ3n) is 3.80. The van der Waals surface area contributed by atoms with E-state index < -0.39 is 0 Å². The number of benzene rings is 2. The molecule has 26 heavy (non-hydrogen) atoms. The van der Waals surface area contributed by atoms with Gasteiger partial charge in [0.05, 0.1) is 24.2 Å². The molecule has 0 spiro atoms. The van der Waals surface area contributed by atoms with E-state index in [9.17, 15) is 4.79 Å². The molecule has 0 aliphatic carbocycles. The van der Waals surface area contributed by atoms with E-state index in [-0.39, 0.29) is 11.9 Å². The third kappa shape index (κ3) is 4.65. The maximum atomic E-state index is 12.4. The largest absolute Gasteiger partial charge is 0.344 e. The lowest BCUT2D eigenvalue weighted by Gasteiger charge is -2.18. The van der Waals surface area contributed by atoms with Crippen LogP contribution in [-0.4, -0.2) is 20.7 Å². The Kier molecular flexibility index (Phi) is 5.53. The topological polar surface area (TPSA) is 83.6 Å². The van der Waals surface area contributed by atoms with Crippen molar-refractivity contribution >= 4 is 12.0 Å². The highest BCUT2D eigenvalue weighted by molar-refractivity contribution is 5.92. The first-order valence-electron chi connectivity index (χ1n) is 8.11. The molecule has 0 saturated carbocycles. The summed E-state index contributed by atoms with van der Waals surface area (Å²) in [6.07, 6.45) is 6.23. The molecule has 0 bridgehead atoms. The highest BCUT2D eigenvalue weighted by Gasteiger charge is 2.14. The standard InChI is InChI=1S/C20H17N5O/c21-12-17-6-4-5-16(11-17)9-10-20(26)24-19(13-25-15-22-14-23-25)18-7-2-1-3-8-18/h1-11,14-15,19H,13H2,(H,24,26)/b10-9+/t19-/m0/s1. The summed E-state index contributed by atoms with van der Waals surface area (Å²) in [6, 6.07) is 18.6. The Hall–Kier alpha value is -3.72. The first-order valence-corrected chi connectivity index (χ1v) is 8.11. The van der Waals surface area contributed by atoms with E-state index in [0.29, 0.717) is 12.1 Å². The van der Waals surface area contributed by atoms with Crippen LogP contribution in [0.1, 0.15) is 22.7 Å². The van der Waals surface area contributed by atoms with Crippen LogP contribution < -0.4 is 5.32 Å². The van der Waals surface area contributed by atoms with Crippen molar-refractivity contribution < 1.29 is 4.79 Å². The molecule has 0 fully saturated rings. The minimum atomic E-state index is -0.236. The Balaban J connectivity index is 1.72. The van der Waals surface area contributed by atoms with Gasteiger partial charge in [-0.15, -0.1) is 0 Å². The number of hydrogen-bond acceptors (Lipinski definition) is 4. The normalized spacial score (nSPS) is 11.8. The van der Waals surface area contributed by atoms with E-state index in [0.717, 1.165) is 11.1 Å². The van der Waals surface area contributed by atoms with E-state index in [1.54, 1.807) is 35.3 Å². The van der Waals surface area contributed by atoms with Crippen molar-refractivity contribution in [3.05, 3.63) is 90.0 Å². The maximum Gasteiger partial charge on any atom is 0.244 e. The van der Waals surface area contributed by atoms with Gasteiger partial charge in [0.1, 0.15) is 12.7 Å². The first kappa shape index (κ1) is 17.1. The summed E-state index contributed by atoms with van der Waals surface area (Å²) in [7, 11) is 0. The van der Waals surface area contributed by atoms with Gasteiger partial charge in [0.25, 0.3) is 0 Å². The fourth-order valence-electron chi connectivity index (χ4n) is 2.54. The second-order valence-electron chi connectivity index (χ2n) is 5.66. The van der Waals surface area contributed by atoms with Crippen molar-refractivity contribution in [1.82, 2.24) is 20.1 Å². The van der Waals surface area contributed by atoms with E-state index in [2.05, 4.69) is 21.5 Å². The zero-order valence-corrected chi connectivity index (χ0v) is 14.0. The van der Waals surface area contributed by atoms with Crippen LogP contribution in [-0.2, 0) is 11.3 Å². The minimum absolute atomic E-state index is 0.221. The average Bonchev–Trinajstić information content (AvgIpc) is 3.20. The molecule has 0 aliphatic rings. The van der Waals surface area contributed by atoms with Crippen LogP contribution >= 0.6 is 0 Å². The third-order valence-corrected chi connectivity index (χ3v) is 3.80. The number of rotatable bonds is 6. The van der Waals surface area contributed by atoms with Gasteiger partial charge in [-0.2, -0.15) is 10.4 Å². The summed E-state index contributed by atoms with van der Waals surface area (Å²) < 4.78 is 1.68.